The van der Waals surface area contributed by atoms with Gasteiger partial charge in [0.05, 0.1) is 25.2 Å². The van der Waals surface area contributed by atoms with E-state index >= 15 is 0 Å². The monoisotopic (exact) mass is 550 g/mol. The van der Waals surface area contributed by atoms with Crippen molar-refractivity contribution in [1.29, 1.82) is 0 Å². The lowest BCUT2D eigenvalue weighted by atomic mass is 9.78. The zero-order valence-corrected chi connectivity index (χ0v) is 22.4. The normalized spacial score (nSPS) is 28.0. The average Bonchev–Trinajstić information content (AvgIpc) is 3.41. The summed E-state index contributed by atoms with van der Waals surface area (Å²) in [5.74, 6) is 1.21. The Kier molecular flexibility index (Phi) is 7.99. The highest BCUT2D eigenvalue weighted by molar-refractivity contribution is 7.10. The number of halogens is 1. The molecule has 2 aromatic rings. The zero-order chi connectivity index (χ0) is 22.9. The van der Waals surface area contributed by atoms with E-state index < -0.39 is 5.41 Å². The van der Waals surface area contributed by atoms with Crippen molar-refractivity contribution in [1.82, 2.24) is 5.16 Å². The van der Waals surface area contributed by atoms with E-state index in [1.165, 1.54) is 12.8 Å². The molecular weight excluding hydrogens is 516 g/mol. The highest BCUT2D eigenvalue weighted by Crippen LogP contribution is 2.43. The summed E-state index contributed by atoms with van der Waals surface area (Å²) in [5, 5.41) is 5.97. The summed E-state index contributed by atoms with van der Waals surface area (Å²) in [7, 11) is 0. The van der Waals surface area contributed by atoms with Gasteiger partial charge in [-0.05, 0) is 31.2 Å². The van der Waals surface area contributed by atoms with E-state index in [2.05, 4.69) is 22.7 Å². The van der Waals surface area contributed by atoms with E-state index in [1.54, 1.807) is 11.3 Å². The highest BCUT2D eigenvalue weighted by Gasteiger charge is 2.51. The molecule has 5 heterocycles. The second-order valence-corrected chi connectivity index (χ2v) is 11.5. The zero-order valence-electron chi connectivity index (χ0n) is 20.0. The van der Waals surface area contributed by atoms with Crippen molar-refractivity contribution < 1.29 is 40.3 Å². The van der Waals surface area contributed by atoms with E-state index in [0.717, 1.165) is 73.2 Å². The first-order valence-electron chi connectivity index (χ1n) is 12.5. The lowest BCUT2D eigenvalue weighted by Crippen LogP contribution is -3.00. The van der Waals surface area contributed by atoms with Crippen molar-refractivity contribution in [2.45, 2.75) is 76.2 Å². The third kappa shape index (κ3) is 5.19. The molecule has 1 atom stereocenters. The van der Waals surface area contributed by atoms with E-state index in [-0.39, 0.29) is 41.3 Å². The van der Waals surface area contributed by atoms with E-state index in [0.29, 0.717) is 18.2 Å². The van der Waals surface area contributed by atoms with Crippen molar-refractivity contribution >= 4 is 23.1 Å². The van der Waals surface area contributed by atoms with E-state index in [4.69, 9.17) is 9.26 Å². The molecule has 1 aliphatic carbocycles. The third-order valence-corrected chi connectivity index (χ3v) is 9.27. The van der Waals surface area contributed by atoms with Gasteiger partial charge in [-0.2, -0.15) is 0 Å². The number of hydrogen-bond donors (Lipinski definition) is 0. The number of quaternary nitrogens is 1. The molecule has 3 saturated heterocycles. The molecule has 0 N–H and O–H groups in total. The molecule has 0 unspecified atom stereocenters. The first kappa shape index (κ1) is 25.6. The molecule has 2 bridgehead atoms. The number of ketones is 1. The molecule has 1 saturated carbocycles. The SMILES string of the molecule is Cc1cc(CC(=O)C[N+]23CCC(CC2)[C@@H](OC(=O)C2(c4cccs4)CCCCCC2)C3)on1.[Br-]. The van der Waals surface area contributed by atoms with Gasteiger partial charge >= 0.3 is 5.97 Å². The Hall–Kier alpha value is -1.51. The van der Waals surface area contributed by atoms with Gasteiger partial charge in [-0.25, -0.2) is 0 Å². The van der Waals surface area contributed by atoms with Gasteiger partial charge < -0.3 is 30.7 Å². The Balaban J connectivity index is 0.00000274. The van der Waals surface area contributed by atoms with Gasteiger partial charge in [-0.3, -0.25) is 9.59 Å². The minimum absolute atomic E-state index is 0. The number of aromatic nitrogens is 1. The predicted octanol–water partition coefficient (Wildman–Crippen LogP) is 1.60. The summed E-state index contributed by atoms with van der Waals surface area (Å²) in [4.78, 5) is 27.8. The fraction of sp³-hybridized carbons (Fsp3) is 0.654. The van der Waals surface area contributed by atoms with Gasteiger partial charge in [0.15, 0.2) is 11.9 Å². The molecule has 0 spiro atoms. The summed E-state index contributed by atoms with van der Waals surface area (Å²) in [6, 6.07) is 6.00. The number of thiophene rings is 1. The third-order valence-electron chi connectivity index (χ3n) is 8.20. The number of piperidine rings is 3. The van der Waals surface area contributed by atoms with Crippen molar-refractivity contribution in [3.63, 3.8) is 0 Å². The molecule has 3 aliphatic heterocycles. The Morgan fingerprint density at radius 1 is 1.21 bits per heavy atom. The average molecular weight is 552 g/mol. The quantitative estimate of drug-likeness (QED) is 0.297. The van der Waals surface area contributed by atoms with Crippen molar-refractivity contribution in [3.05, 3.63) is 39.9 Å². The van der Waals surface area contributed by atoms with Crippen LogP contribution in [0.1, 0.15) is 67.7 Å². The summed E-state index contributed by atoms with van der Waals surface area (Å²) in [5.41, 5.74) is 0.315. The topological polar surface area (TPSA) is 69.4 Å². The number of carbonyl (C=O) groups excluding carboxylic acids is 2. The largest absolute Gasteiger partial charge is 1.00 e. The number of hydrogen-bond acceptors (Lipinski definition) is 6. The number of nitrogens with zero attached hydrogens (tertiary/aromatic N) is 2. The maximum atomic E-state index is 13.8. The number of Topliss-reactive ketones (excluding diaryl/α,β-unsaturated/α-hetero) is 1. The molecule has 0 aromatic carbocycles. The maximum absolute atomic E-state index is 13.8. The number of rotatable bonds is 7. The van der Waals surface area contributed by atoms with Crippen LogP contribution < -0.4 is 17.0 Å². The predicted molar refractivity (Wildman–Crippen MR) is 126 cm³/mol. The van der Waals surface area contributed by atoms with Crippen molar-refractivity contribution in [2.24, 2.45) is 5.92 Å². The standard InChI is InChI=1S/C26H35N2O4S.BrH/c1-19-15-22(32-27-19)16-21(29)17-28-12-8-20(9-13-28)23(18-28)31-25(30)26(24-7-6-14-33-24)10-4-2-3-5-11-26;/h6-7,14-15,20,23H,2-5,8-13,16-18H2,1H3;1H/q+1;/p-1/t20?,23-,28?;/m0./s1. The van der Waals surface area contributed by atoms with E-state index in [9.17, 15) is 9.59 Å². The highest BCUT2D eigenvalue weighted by atomic mass is 79.9. The van der Waals surface area contributed by atoms with E-state index in [1.807, 2.05) is 13.0 Å². The molecular formula is C26H35BrN2O4S. The lowest BCUT2D eigenvalue weighted by Gasteiger charge is -2.52. The Morgan fingerprint density at radius 2 is 1.94 bits per heavy atom. The molecule has 4 aliphatic rings. The van der Waals surface area contributed by atoms with Crippen LogP contribution in [0.15, 0.2) is 28.1 Å². The lowest BCUT2D eigenvalue weighted by molar-refractivity contribution is -0.939. The van der Waals surface area contributed by atoms with Crippen LogP contribution in [0, 0.1) is 12.8 Å². The Morgan fingerprint density at radius 3 is 2.56 bits per heavy atom. The Bertz CT molecular complexity index is 973. The second-order valence-electron chi connectivity index (χ2n) is 10.5. The number of fused-ring (bicyclic) bond motifs is 3. The van der Waals surface area contributed by atoms with Gasteiger partial charge in [0.25, 0.3) is 0 Å². The van der Waals surface area contributed by atoms with Crippen LogP contribution in [0.4, 0.5) is 0 Å². The fourth-order valence-electron chi connectivity index (χ4n) is 6.39. The maximum Gasteiger partial charge on any atom is 0.317 e. The Labute approximate surface area is 216 Å². The van der Waals surface area contributed by atoms with Crippen molar-refractivity contribution in [2.75, 3.05) is 26.2 Å². The first-order valence-corrected chi connectivity index (χ1v) is 13.4. The molecule has 8 heteroatoms. The first-order chi connectivity index (χ1) is 16.0. The van der Waals surface area contributed by atoms with Crippen LogP contribution in [0.5, 0.6) is 0 Å². The number of esters is 1. The molecule has 0 radical (unpaired) electrons. The number of ether oxygens (including phenoxy) is 1. The molecule has 34 heavy (non-hydrogen) atoms. The minimum atomic E-state index is -0.485. The summed E-state index contributed by atoms with van der Waals surface area (Å²) in [6.07, 6.45) is 8.58. The molecule has 6 rings (SSSR count). The van der Waals surface area contributed by atoms with Crippen LogP contribution in [-0.4, -0.2) is 53.7 Å². The van der Waals surface area contributed by atoms with Gasteiger partial charge in [-0.15, -0.1) is 11.3 Å². The van der Waals surface area contributed by atoms with Gasteiger partial charge in [0.2, 0.25) is 0 Å². The molecule has 186 valence electrons. The molecule has 2 aromatic heterocycles. The number of carbonyl (C=O) groups is 2. The summed E-state index contributed by atoms with van der Waals surface area (Å²) >= 11 is 1.69. The van der Waals surface area contributed by atoms with Gasteiger partial charge in [0.1, 0.15) is 24.3 Å². The summed E-state index contributed by atoms with van der Waals surface area (Å²) in [6.45, 7) is 5.10. The molecule has 6 nitrogen and oxygen atoms in total. The molecule has 0 amide bonds. The van der Waals surface area contributed by atoms with Crippen LogP contribution in [0.3, 0.4) is 0 Å². The summed E-state index contributed by atoms with van der Waals surface area (Å²) < 4.78 is 12.4. The molecule has 4 fully saturated rings. The van der Waals surface area contributed by atoms with Crippen LogP contribution in [0.25, 0.3) is 0 Å². The minimum Gasteiger partial charge on any atom is -1.00 e. The number of aryl methyl sites for hydroxylation is 1. The van der Waals surface area contributed by atoms with Crippen LogP contribution in [-0.2, 0) is 26.2 Å². The second kappa shape index (κ2) is 10.6. The van der Waals surface area contributed by atoms with Gasteiger partial charge in [0, 0.05) is 29.7 Å². The fourth-order valence-corrected chi connectivity index (χ4v) is 7.36. The van der Waals surface area contributed by atoms with Crippen LogP contribution >= 0.6 is 11.3 Å². The smallest absolute Gasteiger partial charge is 0.317 e. The van der Waals surface area contributed by atoms with Crippen LogP contribution in [0.2, 0.25) is 0 Å². The van der Waals surface area contributed by atoms with Gasteiger partial charge in [-0.1, -0.05) is 36.9 Å². The van der Waals surface area contributed by atoms with Crippen molar-refractivity contribution in [3.8, 4) is 0 Å².